The molecule has 2 rings (SSSR count). The SMILES string of the molecule is CCCc1nc(C(=O)NCc2ccn[nH]2)n[nH]1. The van der Waals surface area contributed by atoms with Gasteiger partial charge in [0.15, 0.2) is 0 Å². The number of carbonyl (C=O) groups excluding carboxylic acids is 1. The molecule has 2 aromatic heterocycles. The van der Waals surface area contributed by atoms with Crippen molar-refractivity contribution in [1.82, 2.24) is 30.7 Å². The van der Waals surface area contributed by atoms with Gasteiger partial charge in [0.2, 0.25) is 5.82 Å². The lowest BCUT2D eigenvalue weighted by atomic mass is 10.3. The molecule has 0 aliphatic heterocycles. The van der Waals surface area contributed by atoms with Crippen molar-refractivity contribution in [3.63, 3.8) is 0 Å². The summed E-state index contributed by atoms with van der Waals surface area (Å²) in [6, 6.07) is 1.79. The maximum Gasteiger partial charge on any atom is 0.291 e. The first-order valence-corrected chi connectivity index (χ1v) is 5.47. The summed E-state index contributed by atoms with van der Waals surface area (Å²) in [5, 5.41) is 15.8. The van der Waals surface area contributed by atoms with Gasteiger partial charge in [0.05, 0.1) is 12.2 Å². The number of amides is 1. The number of H-pyrrole nitrogens is 2. The fraction of sp³-hybridized carbons (Fsp3) is 0.400. The van der Waals surface area contributed by atoms with Crippen LogP contribution in [0.5, 0.6) is 0 Å². The van der Waals surface area contributed by atoms with E-state index in [1.54, 1.807) is 12.3 Å². The van der Waals surface area contributed by atoms with E-state index >= 15 is 0 Å². The lowest BCUT2D eigenvalue weighted by molar-refractivity contribution is 0.0940. The van der Waals surface area contributed by atoms with Crippen LogP contribution < -0.4 is 5.32 Å². The van der Waals surface area contributed by atoms with Gasteiger partial charge in [-0.25, -0.2) is 4.98 Å². The van der Waals surface area contributed by atoms with Crippen LogP contribution in [0.1, 0.15) is 35.5 Å². The van der Waals surface area contributed by atoms with E-state index in [1.807, 2.05) is 6.92 Å². The standard InChI is InChI=1S/C10H14N6O/c1-2-3-8-13-9(16-15-8)10(17)11-6-7-4-5-12-14-7/h4-5H,2-3,6H2,1H3,(H,11,17)(H,12,14)(H,13,15,16). The summed E-state index contributed by atoms with van der Waals surface area (Å²) in [5.74, 6) is 0.616. The highest BCUT2D eigenvalue weighted by Crippen LogP contribution is 1.97. The Labute approximate surface area is 98.0 Å². The minimum atomic E-state index is -0.293. The van der Waals surface area contributed by atoms with Crippen LogP contribution in [0.4, 0.5) is 0 Å². The maximum absolute atomic E-state index is 11.7. The molecule has 90 valence electrons. The van der Waals surface area contributed by atoms with Gasteiger partial charge in [-0.15, -0.1) is 5.10 Å². The van der Waals surface area contributed by atoms with E-state index in [9.17, 15) is 4.79 Å². The Morgan fingerprint density at radius 1 is 1.47 bits per heavy atom. The zero-order chi connectivity index (χ0) is 12.1. The molecular formula is C10H14N6O. The van der Waals surface area contributed by atoms with Gasteiger partial charge in [0, 0.05) is 12.6 Å². The van der Waals surface area contributed by atoms with Gasteiger partial charge in [0.1, 0.15) is 5.82 Å². The molecule has 17 heavy (non-hydrogen) atoms. The quantitative estimate of drug-likeness (QED) is 0.697. The second-order valence-electron chi connectivity index (χ2n) is 3.62. The van der Waals surface area contributed by atoms with Gasteiger partial charge < -0.3 is 5.32 Å². The number of carbonyl (C=O) groups is 1. The van der Waals surface area contributed by atoms with Crippen LogP contribution in [-0.4, -0.2) is 31.3 Å². The lowest BCUT2D eigenvalue weighted by Gasteiger charge is -1.98. The number of hydrogen-bond acceptors (Lipinski definition) is 4. The van der Waals surface area contributed by atoms with Crippen molar-refractivity contribution in [2.45, 2.75) is 26.3 Å². The van der Waals surface area contributed by atoms with Gasteiger partial charge in [-0.05, 0) is 12.5 Å². The van der Waals surface area contributed by atoms with E-state index in [-0.39, 0.29) is 11.7 Å². The van der Waals surface area contributed by atoms with Crippen molar-refractivity contribution in [3.05, 3.63) is 29.6 Å². The van der Waals surface area contributed by atoms with Crippen LogP contribution in [0.3, 0.4) is 0 Å². The van der Waals surface area contributed by atoms with E-state index in [0.717, 1.165) is 24.4 Å². The first-order chi connectivity index (χ1) is 8.29. The highest BCUT2D eigenvalue weighted by Gasteiger charge is 2.11. The summed E-state index contributed by atoms with van der Waals surface area (Å²) < 4.78 is 0. The first-order valence-electron chi connectivity index (χ1n) is 5.47. The van der Waals surface area contributed by atoms with E-state index in [2.05, 4.69) is 30.7 Å². The second kappa shape index (κ2) is 5.24. The second-order valence-corrected chi connectivity index (χ2v) is 3.62. The molecule has 0 bridgehead atoms. The Balaban J connectivity index is 1.90. The van der Waals surface area contributed by atoms with Crippen LogP contribution in [0.15, 0.2) is 12.3 Å². The Hall–Kier alpha value is -2.18. The fourth-order valence-electron chi connectivity index (χ4n) is 1.38. The van der Waals surface area contributed by atoms with Crippen molar-refractivity contribution < 1.29 is 4.79 Å². The number of nitrogens with one attached hydrogen (secondary N) is 3. The number of nitrogens with zero attached hydrogens (tertiary/aromatic N) is 3. The van der Waals surface area contributed by atoms with Gasteiger partial charge in [-0.2, -0.15) is 5.10 Å². The molecule has 0 saturated carbocycles. The monoisotopic (exact) mass is 234 g/mol. The summed E-state index contributed by atoms with van der Waals surface area (Å²) in [6.45, 7) is 2.43. The molecule has 0 spiro atoms. The molecule has 1 amide bonds. The number of aryl methyl sites for hydroxylation is 1. The molecule has 7 nitrogen and oxygen atoms in total. The third-order valence-electron chi connectivity index (χ3n) is 2.22. The molecule has 0 aromatic carbocycles. The number of aromatic amines is 2. The predicted molar refractivity (Wildman–Crippen MR) is 60.1 cm³/mol. The predicted octanol–water partition coefficient (Wildman–Crippen LogP) is 0.410. The highest BCUT2D eigenvalue weighted by molar-refractivity contribution is 5.90. The van der Waals surface area contributed by atoms with Crippen molar-refractivity contribution in [2.75, 3.05) is 0 Å². The Morgan fingerprint density at radius 3 is 3.06 bits per heavy atom. The van der Waals surface area contributed by atoms with Crippen LogP contribution in [0, 0.1) is 0 Å². The number of hydrogen-bond donors (Lipinski definition) is 3. The highest BCUT2D eigenvalue weighted by atomic mass is 16.2. The zero-order valence-electron chi connectivity index (χ0n) is 9.53. The maximum atomic E-state index is 11.7. The van der Waals surface area contributed by atoms with E-state index in [0.29, 0.717) is 6.54 Å². The third kappa shape index (κ3) is 2.90. The largest absolute Gasteiger partial charge is 0.344 e. The third-order valence-corrected chi connectivity index (χ3v) is 2.22. The van der Waals surface area contributed by atoms with E-state index < -0.39 is 0 Å². The topological polar surface area (TPSA) is 99.3 Å². The summed E-state index contributed by atoms with van der Waals surface area (Å²) in [6.07, 6.45) is 3.39. The van der Waals surface area contributed by atoms with Crippen LogP contribution in [-0.2, 0) is 13.0 Å². The van der Waals surface area contributed by atoms with Gasteiger partial charge in [-0.1, -0.05) is 6.92 Å². The van der Waals surface area contributed by atoms with Crippen LogP contribution in [0.2, 0.25) is 0 Å². The average Bonchev–Trinajstić information content (AvgIpc) is 2.97. The smallest absolute Gasteiger partial charge is 0.291 e. The Kier molecular flexibility index (Phi) is 3.49. The average molecular weight is 234 g/mol. The van der Waals surface area contributed by atoms with Crippen molar-refractivity contribution in [1.29, 1.82) is 0 Å². The molecule has 0 radical (unpaired) electrons. The minimum Gasteiger partial charge on any atom is -0.344 e. The summed E-state index contributed by atoms with van der Waals surface area (Å²) in [7, 11) is 0. The zero-order valence-corrected chi connectivity index (χ0v) is 9.53. The molecule has 2 heterocycles. The molecule has 0 fully saturated rings. The van der Waals surface area contributed by atoms with Gasteiger partial charge in [0.25, 0.3) is 5.91 Å². The number of rotatable bonds is 5. The van der Waals surface area contributed by atoms with E-state index in [1.165, 1.54) is 0 Å². The van der Waals surface area contributed by atoms with Gasteiger partial charge >= 0.3 is 0 Å². The summed E-state index contributed by atoms with van der Waals surface area (Å²) in [5.41, 5.74) is 0.836. The van der Waals surface area contributed by atoms with Crippen molar-refractivity contribution in [2.24, 2.45) is 0 Å². The molecule has 0 saturated heterocycles. The molecule has 7 heteroatoms. The van der Waals surface area contributed by atoms with E-state index in [4.69, 9.17) is 0 Å². The molecular weight excluding hydrogens is 220 g/mol. The summed E-state index contributed by atoms with van der Waals surface area (Å²) >= 11 is 0. The molecule has 3 N–H and O–H groups in total. The molecule has 2 aromatic rings. The number of aromatic nitrogens is 5. The van der Waals surface area contributed by atoms with Crippen molar-refractivity contribution in [3.8, 4) is 0 Å². The Bertz CT molecular complexity index is 475. The normalized spacial score (nSPS) is 10.4. The van der Waals surface area contributed by atoms with Crippen LogP contribution in [0.25, 0.3) is 0 Å². The minimum absolute atomic E-state index is 0.174. The first kappa shape index (κ1) is 11.3. The fourth-order valence-corrected chi connectivity index (χ4v) is 1.38. The molecule has 0 atom stereocenters. The lowest BCUT2D eigenvalue weighted by Crippen LogP contribution is -2.24. The van der Waals surface area contributed by atoms with Crippen LogP contribution >= 0.6 is 0 Å². The van der Waals surface area contributed by atoms with Gasteiger partial charge in [-0.3, -0.25) is 15.0 Å². The summed E-state index contributed by atoms with van der Waals surface area (Å²) in [4.78, 5) is 15.8. The molecule has 0 unspecified atom stereocenters. The molecule has 0 aliphatic carbocycles. The Morgan fingerprint density at radius 2 is 2.35 bits per heavy atom. The van der Waals surface area contributed by atoms with Crippen molar-refractivity contribution >= 4 is 5.91 Å². The molecule has 0 aliphatic rings.